The molecule has 0 bridgehead atoms. The number of hydrogen-bond donors (Lipinski definition) is 2. The highest BCUT2D eigenvalue weighted by Crippen LogP contribution is 2.52. The molecule has 0 amide bonds. The monoisotopic (exact) mass is 324 g/mol. The molecule has 0 saturated heterocycles. The first-order valence-electron chi connectivity index (χ1n) is 8.95. The molecular formula is C22H28O2. The Morgan fingerprint density at radius 2 is 1.33 bits per heavy atom. The summed E-state index contributed by atoms with van der Waals surface area (Å²) in [5, 5.41) is 22.4. The van der Waals surface area contributed by atoms with Crippen molar-refractivity contribution in [1.29, 1.82) is 0 Å². The Kier molecular flexibility index (Phi) is 4.31. The van der Waals surface area contributed by atoms with Gasteiger partial charge in [0.2, 0.25) is 0 Å². The SMILES string of the molecule is CC[C@@]1(c2ccccc2C)c2ccccc2[C@@](C)(CC)[C@@H](O)[C@H]1O. The minimum Gasteiger partial charge on any atom is -0.389 e. The highest BCUT2D eigenvalue weighted by molar-refractivity contribution is 5.53. The van der Waals surface area contributed by atoms with E-state index in [4.69, 9.17) is 0 Å². The van der Waals surface area contributed by atoms with Crippen molar-refractivity contribution in [2.45, 2.75) is 63.6 Å². The van der Waals surface area contributed by atoms with Crippen LogP contribution in [-0.4, -0.2) is 22.4 Å². The van der Waals surface area contributed by atoms with Gasteiger partial charge in [0, 0.05) is 10.8 Å². The Morgan fingerprint density at radius 3 is 1.88 bits per heavy atom. The first-order chi connectivity index (χ1) is 11.4. The zero-order valence-electron chi connectivity index (χ0n) is 15.1. The first kappa shape index (κ1) is 17.2. The minimum atomic E-state index is -0.830. The summed E-state index contributed by atoms with van der Waals surface area (Å²) in [5.41, 5.74) is 3.58. The third kappa shape index (κ3) is 2.09. The fraction of sp³-hybridized carbons (Fsp3) is 0.455. The van der Waals surface area contributed by atoms with Crippen LogP contribution in [0.3, 0.4) is 0 Å². The highest BCUT2D eigenvalue weighted by Gasteiger charge is 2.55. The summed E-state index contributed by atoms with van der Waals surface area (Å²) in [6.45, 7) is 8.34. The molecule has 0 saturated carbocycles. The maximum atomic E-state index is 11.3. The average molecular weight is 324 g/mol. The number of fused-ring (bicyclic) bond motifs is 1. The van der Waals surface area contributed by atoms with Crippen LogP contribution in [0.25, 0.3) is 0 Å². The molecule has 1 aliphatic rings. The van der Waals surface area contributed by atoms with Gasteiger partial charge in [-0.05, 0) is 42.0 Å². The molecule has 0 fully saturated rings. The van der Waals surface area contributed by atoms with Crippen LogP contribution in [0.4, 0.5) is 0 Å². The van der Waals surface area contributed by atoms with E-state index in [1.165, 1.54) is 0 Å². The normalized spacial score (nSPS) is 32.4. The summed E-state index contributed by atoms with van der Waals surface area (Å²) in [6, 6.07) is 16.6. The predicted molar refractivity (Wildman–Crippen MR) is 98.3 cm³/mol. The third-order valence-electron chi connectivity index (χ3n) is 6.40. The summed E-state index contributed by atoms with van der Waals surface area (Å²) in [6.07, 6.45) is -0.0942. The van der Waals surface area contributed by atoms with Gasteiger partial charge in [-0.1, -0.05) is 69.3 Å². The third-order valence-corrected chi connectivity index (χ3v) is 6.40. The van der Waals surface area contributed by atoms with Gasteiger partial charge in [-0.15, -0.1) is 0 Å². The zero-order chi connectivity index (χ0) is 17.5. The molecule has 2 nitrogen and oxygen atoms in total. The second kappa shape index (κ2) is 6.02. The Morgan fingerprint density at radius 1 is 0.792 bits per heavy atom. The number of hydrogen-bond acceptors (Lipinski definition) is 2. The van der Waals surface area contributed by atoms with Gasteiger partial charge in [0.1, 0.15) is 0 Å². The van der Waals surface area contributed by atoms with Crippen molar-refractivity contribution in [3.05, 3.63) is 70.8 Å². The largest absolute Gasteiger partial charge is 0.389 e. The first-order valence-corrected chi connectivity index (χ1v) is 8.95. The Bertz CT molecular complexity index is 738. The molecule has 0 spiro atoms. The van der Waals surface area contributed by atoms with Gasteiger partial charge < -0.3 is 10.2 Å². The van der Waals surface area contributed by atoms with Crippen LogP contribution >= 0.6 is 0 Å². The van der Waals surface area contributed by atoms with Gasteiger partial charge in [0.15, 0.2) is 0 Å². The number of aryl methyl sites for hydroxylation is 1. The van der Waals surface area contributed by atoms with E-state index in [2.05, 4.69) is 52.0 Å². The van der Waals surface area contributed by atoms with Crippen molar-refractivity contribution in [3.8, 4) is 0 Å². The molecule has 0 aliphatic heterocycles. The van der Waals surface area contributed by atoms with Crippen molar-refractivity contribution < 1.29 is 10.2 Å². The lowest BCUT2D eigenvalue weighted by atomic mass is 9.54. The lowest BCUT2D eigenvalue weighted by Gasteiger charge is -2.53. The number of aliphatic hydroxyl groups excluding tert-OH is 2. The van der Waals surface area contributed by atoms with Crippen molar-refractivity contribution in [1.82, 2.24) is 0 Å². The van der Waals surface area contributed by atoms with Crippen LogP contribution in [0.15, 0.2) is 48.5 Å². The van der Waals surface area contributed by atoms with Crippen molar-refractivity contribution >= 4 is 0 Å². The summed E-state index contributed by atoms with van der Waals surface area (Å²) >= 11 is 0. The van der Waals surface area contributed by atoms with Crippen molar-refractivity contribution in [2.75, 3.05) is 0 Å². The van der Waals surface area contributed by atoms with Gasteiger partial charge in [-0.3, -0.25) is 0 Å². The van der Waals surface area contributed by atoms with Crippen molar-refractivity contribution in [3.63, 3.8) is 0 Å². The molecule has 4 atom stereocenters. The molecule has 24 heavy (non-hydrogen) atoms. The van der Waals surface area contributed by atoms with E-state index in [0.29, 0.717) is 0 Å². The van der Waals surface area contributed by atoms with E-state index in [0.717, 1.165) is 35.1 Å². The molecule has 3 rings (SSSR count). The van der Waals surface area contributed by atoms with Gasteiger partial charge in [-0.25, -0.2) is 0 Å². The molecule has 0 aromatic heterocycles. The molecule has 0 unspecified atom stereocenters. The van der Waals surface area contributed by atoms with Gasteiger partial charge in [0.25, 0.3) is 0 Å². The topological polar surface area (TPSA) is 40.5 Å². The van der Waals surface area contributed by atoms with Crippen LogP contribution in [0.2, 0.25) is 0 Å². The summed E-state index contributed by atoms with van der Waals surface area (Å²) in [5.74, 6) is 0. The molecule has 0 radical (unpaired) electrons. The van der Waals surface area contributed by atoms with Gasteiger partial charge in [-0.2, -0.15) is 0 Å². The fourth-order valence-corrected chi connectivity index (χ4v) is 4.67. The van der Waals surface area contributed by atoms with Gasteiger partial charge >= 0.3 is 0 Å². The number of benzene rings is 2. The fourth-order valence-electron chi connectivity index (χ4n) is 4.67. The van der Waals surface area contributed by atoms with Gasteiger partial charge in [0.05, 0.1) is 12.2 Å². The van der Waals surface area contributed by atoms with E-state index in [1.54, 1.807) is 0 Å². The highest BCUT2D eigenvalue weighted by atomic mass is 16.3. The molecule has 2 N–H and O–H groups in total. The summed E-state index contributed by atoms with van der Waals surface area (Å²) in [7, 11) is 0. The quantitative estimate of drug-likeness (QED) is 0.892. The van der Waals surface area contributed by atoms with E-state index in [-0.39, 0.29) is 0 Å². The van der Waals surface area contributed by atoms with Crippen molar-refractivity contribution in [2.24, 2.45) is 0 Å². The Labute approximate surface area is 145 Å². The summed E-state index contributed by atoms with van der Waals surface area (Å²) < 4.78 is 0. The predicted octanol–water partition coefficient (Wildman–Crippen LogP) is 4.09. The maximum Gasteiger partial charge on any atom is 0.0944 e. The number of aliphatic hydroxyl groups is 2. The standard InChI is InChI=1S/C22H28O2/c1-5-21(4)17-13-9-10-14-18(17)22(6-2,20(24)19(21)23)16-12-8-7-11-15(16)3/h7-14,19-20,23-24H,5-6H2,1-4H3/t19-,20+,21+,22+/m0/s1. The van der Waals surface area contributed by atoms with E-state index in [1.807, 2.05) is 24.3 Å². The zero-order valence-corrected chi connectivity index (χ0v) is 15.1. The van der Waals surface area contributed by atoms with E-state index < -0.39 is 23.0 Å². The molecule has 0 heterocycles. The second-order valence-corrected chi connectivity index (χ2v) is 7.35. The van der Waals surface area contributed by atoms with E-state index in [9.17, 15) is 10.2 Å². The van der Waals surface area contributed by atoms with E-state index >= 15 is 0 Å². The average Bonchev–Trinajstić information content (AvgIpc) is 2.62. The molecule has 2 aromatic rings. The molecule has 1 aliphatic carbocycles. The molecule has 128 valence electrons. The molecular weight excluding hydrogens is 296 g/mol. The van der Waals surface area contributed by atoms with Crippen LogP contribution in [0.5, 0.6) is 0 Å². The Hall–Kier alpha value is -1.64. The lowest BCUT2D eigenvalue weighted by molar-refractivity contribution is -0.0728. The minimum absolute atomic E-state index is 0.433. The maximum absolute atomic E-state index is 11.3. The molecule has 2 aromatic carbocycles. The summed E-state index contributed by atoms with van der Waals surface area (Å²) in [4.78, 5) is 0. The second-order valence-electron chi connectivity index (χ2n) is 7.35. The van der Waals surface area contributed by atoms with Crippen LogP contribution in [0, 0.1) is 6.92 Å². The molecule has 2 heteroatoms. The smallest absolute Gasteiger partial charge is 0.0944 e. The van der Waals surface area contributed by atoms with Crippen LogP contribution < -0.4 is 0 Å². The Balaban J connectivity index is 2.38. The van der Waals surface area contributed by atoms with Crippen LogP contribution in [0.1, 0.15) is 55.9 Å². The lowest BCUT2D eigenvalue weighted by Crippen LogP contribution is -2.59. The van der Waals surface area contributed by atoms with Crippen LogP contribution in [-0.2, 0) is 10.8 Å². The number of rotatable bonds is 3.